The van der Waals surface area contributed by atoms with E-state index in [1.54, 1.807) is 43.7 Å². The number of nitrogens with zero attached hydrogens (tertiary/aromatic N) is 6. The van der Waals surface area contributed by atoms with Crippen LogP contribution in [0.2, 0.25) is 0 Å². The number of nitrogens with two attached hydrogens (primary N) is 1. The molecule has 1 saturated heterocycles. The molecule has 0 spiro atoms. The third-order valence-electron chi connectivity index (χ3n) is 7.37. The van der Waals surface area contributed by atoms with E-state index in [-0.39, 0.29) is 42.5 Å². The maximum Gasteiger partial charge on any atom is 0.333 e. The fraction of sp³-hybridized carbons (Fsp3) is 0.414. The van der Waals surface area contributed by atoms with Crippen LogP contribution in [0.15, 0.2) is 44.7 Å². The summed E-state index contributed by atoms with van der Waals surface area (Å²) in [5.41, 5.74) is 6.58. The van der Waals surface area contributed by atoms with E-state index in [4.69, 9.17) is 15.5 Å². The SMILES string of the molecule is CC#CCn1c(N2CCCC(N)C2)nc2c1c(=O)n(Cc1ccc3c(ccc(=O)n3C)c1)c(=O)n2CC(=O)OCC. The van der Waals surface area contributed by atoms with Crippen LogP contribution in [-0.2, 0) is 36.2 Å². The molecule has 4 aromatic rings. The third-order valence-corrected chi connectivity index (χ3v) is 7.37. The van der Waals surface area contributed by atoms with E-state index in [0.717, 1.165) is 28.3 Å². The molecule has 12 nitrogen and oxygen atoms in total. The summed E-state index contributed by atoms with van der Waals surface area (Å²) < 4.78 is 10.7. The largest absolute Gasteiger partial charge is 0.465 e. The van der Waals surface area contributed by atoms with Gasteiger partial charge in [-0.2, -0.15) is 4.98 Å². The van der Waals surface area contributed by atoms with Crippen molar-refractivity contribution >= 4 is 34.0 Å². The van der Waals surface area contributed by atoms with E-state index in [1.807, 2.05) is 11.0 Å². The fourth-order valence-corrected chi connectivity index (χ4v) is 5.35. The molecule has 4 heterocycles. The second kappa shape index (κ2) is 11.5. The molecule has 1 unspecified atom stereocenters. The van der Waals surface area contributed by atoms with Crippen molar-refractivity contribution in [3.8, 4) is 11.8 Å². The van der Waals surface area contributed by atoms with Crippen LogP contribution in [0.5, 0.6) is 0 Å². The van der Waals surface area contributed by atoms with E-state index in [0.29, 0.717) is 24.6 Å². The molecule has 1 aliphatic rings. The van der Waals surface area contributed by atoms with Gasteiger partial charge in [-0.3, -0.25) is 28.1 Å². The predicted octanol–water partition coefficient (Wildman–Crippen LogP) is 0.774. The summed E-state index contributed by atoms with van der Waals surface area (Å²) >= 11 is 0. The maximum absolute atomic E-state index is 14.1. The van der Waals surface area contributed by atoms with Crippen LogP contribution in [0.1, 0.15) is 32.3 Å². The van der Waals surface area contributed by atoms with Gasteiger partial charge in [-0.15, -0.1) is 5.92 Å². The minimum Gasteiger partial charge on any atom is -0.465 e. The third kappa shape index (κ3) is 5.28. The number of anilines is 1. The van der Waals surface area contributed by atoms with Gasteiger partial charge in [-0.05, 0) is 55.8 Å². The lowest BCUT2D eigenvalue weighted by Crippen LogP contribution is -2.44. The summed E-state index contributed by atoms with van der Waals surface area (Å²) in [7, 11) is 1.68. The van der Waals surface area contributed by atoms with Crippen molar-refractivity contribution in [1.29, 1.82) is 0 Å². The van der Waals surface area contributed by atoms with Crippen LogP contribution in [0.3, 0.4) is 0 Å². The zero-order valence-corrected chi connectivity index (χ0v) is 23.4. The first kappa shape index (κ1) is 27.9. The van der Waals surface area contributed by atoms with Crippen molar-refractivity contribution in [3.05, 3.63) is 67.1 Å². The zero-order chi connectivity index (χ0) is 29.3. The average molecular weight is 560 g/mol. The number of esters is 1. The van der Waals surface area contributed by atoms with Crippen LogP contribution >= 0.6 is 0 Å². The Kier molecular flexibility index (Phi) is 7.81. The van der Waals surface area contributed by atoms with E-state index < -0.39 is 23.8 Å². The summed E-state index contributed by atoms with van der Waals surface area (Å²) in [6, 6.07) is 8.51. The normalized spacial score (nSPS) is 15.2. The molecule has 3 aromatic heterocycles. The van der Waals surface area contributed by atoms with E-state index in [1.165, 1.54) is 15.2 Å². The number of aryl methyl sites for hydroxylation is 1. The van der Waals surface area contributed by atoms with Crippen molar-refractivity contribution in [2.75, 3.05) is 24.6 Å². The molecular weight excluding hydrogens is 526 g/mol. The Balaban J connectivity index is 1.73. The van der Waals surface area contributed by atoms with Gasteiger partial charge in [-0.1, -0.05) is 12.0 Å². The fourth-order valence-electron chi connectivity index (χ4n) is 5.35. The first-order valence-electron chi connectivity index (χ1n) is 13.6. The lowest BCUT2D eigenvalue weighted by Gasteiger charge is -2.31. The number of piperidine rings is 1. The van der Waals surface area contributed by atoms with E-state index >= 15 is 0 Å². The summed E-state index contributed by atoms with van der Waals surface area (Å²) in [4.78, 5) is 59.3. The van der Waals surface area contributed by atoms with Gasteiger partial charge in [0.05, 0.1) is 25.2 Å². The Hall–Kier alpha value is -4.63. The minimum absolute atomic E-state index is 0.0518. The number of benzene rings is 1. The molecule has 0 radical (unpaired) electrons. The molecule has 0 bridgehead atoms. The minimum atomic E-state index is -0.677. The Labute approximate surface area is 235 Å². The number of fused-ring (bicyclic) bond motifs is 2. The molecule has 1 aliphatic heterocycles. The molecule has 214 valence electrons. The number of ether oxygens (including phenoxy) is 1. The average Bonchev–Trinajstić information content (AvgIpc) is 3.34. The Morgan fingerprint density at radius 2 is 1.95 bits per heavy atom. The summed E-state index contributed by atoms with van der Waals surface area (Å²) in [5, 5.41) is 0.789. The lowest BCUT2D eigenvalue weighted by molar-refractivity contribution is -0.143. The number of hydrogen-bond donors (Lipinski definition) is 1. The Morgan fingerprint density at radius 3 is 2.68 bits per heavy atom. The highest BCUT2D eigenvalue weighted by Gasteiger charge is 2.27. The summed E-state index contributed by atoms with van der Waals surface area (Å²) in [6.07, 6.45) is 1.74. The van der Waals surface area contributed by atoms with Crippen LogP contribution in [0.4, 0.5) is 5.95 Å². The summed E-state index contributed by atoms with van der Waals surface area (Å²) in [6.45, 7) is 4.48. The van der Waals surface area contributed by atoms with Gasteiger partial charge in [0.2, 0.25) is 5.95 Å². The molecule has 0 amide bonds. The molecule has 5 rings (SSSR count). The van der Waals surface area contributed by atoms with Crippen molar-refractivity contribution in [1.82, 2.24) is 23.3 Å². The van der Waals surface area contributed by atoms with Gasteiger partial charge in [0.25, 0.3) is 11.1 Å². The van der Waals surface area contributed by atoms with Crippen LogP contribution in [0.25, 0.3) is 22.1 Å². The van der Waals surface area contributed by atoms with Crippen molar-refractivity contribution < 1.29 is 9.53 Å². The van der Waals surface area contributed by atoms with Gasteiger partial charge in [-0.25, -0.2) is 4.79 Å². The highest BCUT2D eigenvalue weighted by Crippen LogP contribution is 2.23. The van der Waals surface area contributed by atoms with Gasteiger partial charge >= 0.3 is 11.7 Å². The topological polar surface area (TPSA) is 139 Å². The van der Waals surface area contributed by atoms with Crippen molar-refractivity contribution in [3.63, 3.8) is 0 Å². The standard InChI is InChI=1S/C29H33N7O5/c1-4-6-14-34-25-26(31-28(34)33-13-7-8-21(30)17-33)35(18-24(38)41-5-2)29(40)36(27(25)39)16-19-9-11-22-20(15-19)10-12-23(37)32(22)3/h9-12,15,21H,5,7-8,13-14,16-18,30H2,1-3H3. The second-order valence-electron chi connectivity index (χ2n) is 10.1. The summed E-state index contributed by atoms with van der Waals surface area (Å²) in [5.74, 6) is 5.75. The molecule has 2 N–H and O–H groups in total. The van der Waals surface area contributed by atoms with Crippen LogP contribution < -0.4 is 27.4 Å². The van der Waals surface area contributed by atoms with Crippen molar-refractivity contribution in [2.24, 2.45) is 12.8 Å². The van der Waals surface area contributed by atoms with Gasteiger partial charge in [0, 0.05) is 32.2 Å². The quantitative estimate of drug-likeness (QED) is 0.259. The molecule has 0 aliphatic carbocycles. The first-order chi connectivity index (χ1) is 19.7. The number of pyridine rings is 1. The van der Waals surface area contributed by atoms with Gasteiger partial charge in [0.15, 0.2) is 11.2 Å². The molecule has 1 atom stereocenters. The van der Waals surface area contributed by atoms with E-state index in [9.17, 15) is 19.2 Å². The number of carbonyl (C=O) groups excluding carboxylic acids is 1. The number of rotatable bonds is 7. The van der Waals surface area contributed by atoms with Gasteiger partial charge < -0.3 is 19.9 Å². The Bertz CT molecular complexity index is 1890. The van der Waals surface area contributed by atoms with E-state index in [2.05, 4.69) is 11.8 Å². The zero-order valence-electron chi connectivity index (χ0n) is 23.4. The molecule has 41 heavy (non-hydrogen) atoms. The molecule has 12 heteroatoms. The number of hydrogen-bond acceptors (Lipinski definition) is 8. The smallest absolute Gasteiger partial charge is 0.333 e. The molecule has 0 saturated carbocycles. The Morgan fingerprint density at radius 1 is 1.15 bits per heavy atom. The number of imidazole rings is 1. The lowest BCUT2D eigenvalue weighted by atomic mass is 10.1. The highest BCUT2D eigenvalue weighted by atomic mass is 16.5. The first-order valence-corrected chi connectivity index (χ1v) is 13.6. The predicted molar refractivity (Wildman–Crippen MR) is 156 cm³/mol. The maximum atomic E-state index is 14.1. The molecule has 1 aromatic carbocycles. The van der Waals surface area contributed by atoms with Crippen LogP contribution in [0, 0.1) is 11.8 Å². The number of aromatic nitrogens is 5. The number of carbonyl (C=O) groups is 1. The monoisotopic (exact) mass is 559 g/mol. The van der Waals surface area contributed by atoms with Gasteiger partial charge in [0.1, 0.15) is 6.54 Å². The molecular formula is C29H33N7O5. The second-order valence-corrected chi connectivity index (χ2v) is 10.1. The van der Waals surface area contributed by atoms with Crippen LogP contribution in [-0.4, -0.2) is 55.0 Å². The highest BCUT2D eigenvalue weighted by molar-refractivity contribution is 5.80. The van der Waals surface area contributed by atoms with Crippen molar-refractivity contribution in [2.45, 2.75) is 52.4 Å². The molecule has 1 fully saturated rings.